The van der Waals surface area contributed by atoms with E-state index in [0.29, 0.717) is 18.3 Å². The largest absolute Gasteiger partial charge is 0.497 e. The summed E-state index contributed by atoms with van der Waals surface area (Å²) >= 11 is 1.58. The second-order valence-corrected chi connectivity index (χ2v) is 6.64. The predicted octanol–water partition coefficient (Wildman–Crippen LogP) is 4.01. The molecule has 0 N–H and O–H groups in total. The van der Waals surface area contributed by atoms with Gasteiger partial charge >= 0.3 is 0 Å². The first-order chi connectivity index (χ1) is 12.1. The van der Waals surface area contributed by atoms with E-state index < -0.39 is 0 Å². The van der Waals surface area contributed by atoms with Crippen LogP contribution in [0.5, 0.6) is 11.5 Å². The molecule has 3 aromatic rings. The molecule has 0 saturated carbocycles. The monoisotopic (exact) mass is 359 g/mol. The van der Waals surface area contributed by atoms with E-state index in [-0.39, 0.29) is 6.04 Å². The zero-order valence-corrected chi connectivity index (χ0v) is 15.5. The minimum atomic E-state index is -0.0204. The summed E-state index contributed by atoms with van der Waals surface area (Å²) in [7, 11) is 5.32. The average molecular weight is 359 g/mol. The Morgan fingerprint density at radius 2 is 2.04 bits per heavy atom. The summed E-state index contributed by atoms with van der Waals surface area (Å²) in [5, 5.41) is 10.3. The van der Waals surface area contributed by atoms with Crippen molar-refractivity contribution in [3.05, 3.63) is 47.2 Å². The first-order valence-corrected chi connectivity index (χ1v) is 8.78. The molecule has 2 heterocycles. The van der Waals surface area contributed by atoms with E-state index in [0.717, 1.165) is 21.9 Å². The number of hydrogen-bond donors (Lipinski definition) is 0. The molecule has 7 heteroatoms. The van der Waals surface area contributed by atoms with Crippen LogP contribution in [0.25, 0.3) is 10.8 Å². The quantitative estimate of drug-likeness (QED) is 0.635. The number of benzene rings is 1. The van der Waals surface area contributed by atoms with Crippen molar-refractivity contribution >= 4 is 11.3 Å². The van der Waals surface area contributed by atoms with E-state index in [1.54, 1.807) is 25.6 Å². The van der Waals surface area contributed by atoms with Crippen LogP contribution in [-0.2, 0) is 6.54 Å². The third-order valence-electron chi connectivity index (χ3n) is 4.11. The van der Waals surface area contributed by atoms with Crippen molar-refractivity contribution in [3.63, 3.8) is 0 Å². The van der Waals surface area contributed by atoms with Gasteiger partial charge in [0.2, 0.25) is 5.89 Å². The van der Waals surface area contributed by atoms with Crippen LogP contribution in [0.1, 0.15) is 24.4 Å². The van der Waals surface area contributed by atoms with Gasteiger partial charge in [-0.25, -0.2) is 0 Å². The van der Waals surface area contributed by atoms with Gasteiger partial charge in [0, 0.05) is 18.2 Å². The molecule has 0 spiro atoms. The number of aromatic nitrogens is 2. The topological polar surface area (TPSA) is 60.6 Å². The third-order valence-corrected chi connectivity index (χ3v) is 4.96. The molecule has 0 fully saturated rings. The van der Waals surface area contributed by atoms with Crippen molar-refractivity contribution < 1.29 is 13.9 Å². The van der Waals surface area contributed by atoms with E-state index in [1.807, 2.05) is 49.7 Å². The van der Waals surface area contributed by atoms with Gasteiger partial charge in [-0.2, -0.15) is 0 Å². The van der Waals surface area contributed by atoms with Crippen molar-refractivity contribution in [2.75, 3.05) is 21.3 Å². The zero-order chi connectivity index (χ0) is 17.8. The van der Waals surface area contributed by atoms with Gasteiger partial charge in [0.15, 0.2) is 0 Å². The summed E-state index contributed by atoms with van der Waals surface area (Å²) in [6.07, 6.45) is 0. The van der Waals surface area contributed by atoms with Crippen LogP contribution in [0, 0.1) is 0 Å². The summed E-state index contributed by atoms with van der Waals surface area (Å²) in [6, 6.07) is 9.74. The smallest absolute Gasteiger partial charge is 0.257 e. The Kier molecular flexibility index (Phi) is 5.35. The lowest BCUT2D eigenvalue weighted by Gasteiger charge is -2.23. The third kappa shape index (κ3) is 3.83. The van der Waals surface area contributed by atoms with Crippen LogP contribution in [-0.4, -0.2) is 36.4 Å². The zero-order valence-electron chi connectivity index (χ0n) is 14.7. The number of rotatable bonds is 7. The molecule has 0 aliphatic rings. The van der Waals surface area contributed by atoms with Gasteiger partial charge in [-0.1, -0.05) is 12.1 Å². The Morgan fingerprint density at radius 3 is 2.72 bits per heavy atom. The minimum absolute atomic E-state index is 0.0204. The molecule has 0 radical (unpaired) electrons. The molecule has 2 aromatic heterocycles. The SMILES string of the molecule is COc1ccc(CN(C)C(C)c2nnc(-c3cccs3)o2)c(OC)c1. The standard InChI is InChI=1S/C18H21N3O3S/c1-12(17-19-20-18(24-17)16-6-5-9-25-16)21(2)11-13-7-8-14(22-3)10-15(13)23-4/h5-10,12H,11H2,1-4H3. The Labute approximate surface area is 151 Å². The molecule has 0 saturated heterocycles. The van der Waals surface area contributed by atoms with Gasteiger partial charge in [0.25, 0.3) is 5.89 Å². The second-order valence-electron chi connectivity index (χ2n) is 5.69. The lowest BCUT2D eigenvalue weighted by atomic mass is 10.1. The second kappa shape index (κ2) is 7.67. The number of ether oxygens (including phenoxy) is 2. The van der Waals surface area contributed by atoms with Crippen molar-refractivity contribution in [1.82, 2.24) is 15.1 Å². The first-order valence-electron chi connectivity index (χ1n) is 7.90. The Balaban J connectivity index is 1.74. The number of thiophene rings is 1. The molecule has 132 valence electrons. The van der Waals surface area contributed by atoms with E-state index in [1.165, 1.54) is 0 Å². The lowest BCUT2D eigenvalue weighted by molar-refractivity contribution is 0.215. The van der Waals surface area contributed by atoms with Gasteiger partial charge in [0.05, 0.1) is 25.1 Å². The summed E-state index contributed by atoms with van der Waals surface area (Å²) in [5.41, 5.74) is 1.07. The van der Waals surface area contributed by atoms with Crippen LogP contribution >= 0.6 is 11.3 Å². The molecule has 1 aromatic carbocycles. The van der Waals surface area contributed by atoms with Crippen molar-refractivity contribution in [2.24, 2.45) is 0 Å². The fourth-order valence-electron chi connectivity index (χ4n) is 2.48. The Bertz CT molecular complexity index is 817. The summed E-state index contributed by atoms with van der Waals surface area (Å²) in [4.78, 5) is 3.11. The average Bonchev–Trinajstić information content (AvgIpc) is 3.32. The van der Waals surface area contributed by atoms with Crippen LogP contribution < -0.4 is 9.47 Å². The van der Waals surface area contributed by atoms with Gasteiger partial charge in [-0.15, -0.1) is 21.5 Å². The maximum absolute atomic E-state index is 5.84. The molecule has 1 unspecified atom stereocenters. The molecule has 6 nitrogen and oxygen atoms in total. The Morgan fingerprint density at radius 1 is 1.20 bits per heavy atom. The summed E-state index contributed by atoms with van der Waals surface area (Å²) in [6.45, 7) is 2.73. The van der Waals surface area contributed by atoms with Crippen LogP contribution in [0.3, 0.4) is 0 Å². The van der Waals surface area contributed by atoms with Crippen molar-refractivity contribution in [1.29, 1.82) is 0 Å². The van der Waals surface area contributed by atoms with E-state index in [2.05, 4.69) is 15.1 Å². The highest BCUT2D eigenvalue weighted by atomic mass is 32.1. The number of hydrogen-bond acceptors (Lipinski definition) is 7. The fraction of sp³-hybridized carbons (Fsp3) is 0.333. The van der Waals surface area contributed by atoms with Gasteiger partial charge in [-0.05, 0) is 31.5 Å². The van der Waals surface area contributed by atoms with Gasteiger partial charge in [0.1, 0.15) is 11.5 Å². The normalized spacial score (nSPS) is 12.4. The van der Waals surface area contributed by atoms with Crippen molar-refractivity contribution in [2.45, 2.75) is 19.5 Å². The molecule has 25 heavy (non-hydrogen) atoms. The van der Waals surface area contributed by atoms with E-state index in [4.69, 9.17) is 13.9 Å². The van der Waals surface area contributed by atoms with Crippen LogP contribution in [0.2, 0.25) is 0 Å². The first kappa shape index (κ1) is 17.4. The highest BCUT2D eigenvalue weighted by Gasteiger charge is 2.20. The summed E-state index contributed by atoms with van der Waals surface area (Å²) < 4.78 is 16.6. The molecule has 0 aliphatic carbocycles. The van der Waals surface area contributed by atoms with E-state index >= 15 is 0 Å². The maximum atomic E-state index is 5.84. The predicted molar refractivity (Wildman–Crippen MR) is 97.0 cm³/mol. The van der Waals surface area contributed by atoms with Gasteiger partial charge < -0.3 is 13.9 Å². The minimum Gasteiger partial charge on any atom is -0.497 e. The lowest BCUT2D eigenvalue weighted by Crippen LogP contribution is -2.22. The molecule has 0 aliphatic heterocycles. The molecule has 0 bridgehead atoms. The van der Waals surface area contributed by atoms with Crippen LogP contribution in [0.4, 0.5) is 0 Å². The highest BCUT2D eigenvalue weighted by Crippen LogP contribution is 2.29. The molecular formula is C18H21N3O3S. The van der Waals surface area contributed by atoms with Gasteiger partial charge in [-0.3, -0.25) is 4.90 Å². The molecule has 3 rings (SSSR count). The molecular weight excluding hydrogens is 338 g/mol. The molecule has 0 amide bonds. The van der Waals surface area contributed by atoms with Crippen LogP contribution in [0.15, 0.2) is 40.1 Å². The maximum Gasteiger partial charge on any atom is 0.257 e. The van der Waals surface area contributed by atoms with E-state index in [9.17, 15) is 0 Å². The Hall–Kier alpha value is -2.38. The fourth-order valence-corrected chi connectivity index (χ4v) is 3.12. The number of nitrogens with zero attached hydrogens (tertiary/aromatic N) is 3. The van der Waals surface area contributed by atoms with Crippen molar-refractivity contribution in [3.8, 4) is 22.3 Å². The molecule has 1 atom stereocenters. The summed E-state index contributed by atoms with van der Waals surface area (Å²) in [5.74, 6) is 2.72. The number of methoxy groups -OCH3 is 2. The highest BCUT2D eigenvalue weighted by molar-refractivity contribution is 7.13.